The van der Waals surface area contributed by atoms with Gasteiger partial charge in [0.25, 0.3) is 0 Å². The predicted octanol–water partition coefficient (Wildman–Crippen LogP) is 2.37. The minimum Gasteiger partial charge on any atom is -0.369 e. The van der Waals surface area contributed by atoms with Crippen LogP contribution in [-0.2, 0) is 22.6 Å². The smallest absolute Gasteiger partial charge is 0.233 e. The van der Waals surface area contributed by atoms with E-state index in [2.05, 4.69) is 4.98 Å². The lowest BCUT2D eigenvalue weighted by molar-refractivity contribution is -0.127. The van der Waals surface area contributed by atoms with E-state index in [0.717, 1.165) is 20.5 Å². The van der Waals surface area contributed by atoms with Gasteiger partial charge in [0, 0.05) is 18.5 Å². The monoisotopic (exact) mass is 367 g/mol. The van der Waals surface area contributed by atoms with Gasteiger partial charge in [-0.2, -0.15) is 0 Å². The minimum absolute atomic E-state index is 0.0754. The zero-order valence-corrected chi connectivity index (χ0v) is 15.0. The van der Waals surface area contributed by atoms with Crippen molar-refractivity contribution >= 4 is 34.9 Å². The maximum atomic E-state index is 13.2. The lowest BCUT2D eigenvalue weighted by Crippen LogP contribution is -2.27. The Labute approximate surface area is 148 Å². The van der Waals surface area contributed by atoms with Crippen LogP contribution in [0.3, 0.4) is 0 Å². The summed E-state index contributed by atoms with van der Waals surface area (Å²) in [6, 6.07) is 6.18. The number of rotatable bonds is 7. The van der Waals surface area contributed by atoms with E-state index < -0.39 is 5.91 Å². The Bertz CT molecular complexity index is 749. The van der Waals surface area contributed by atoms with Gasteiger partial charge in [-0.25, -0.2) is 9.37 Å². The number of thiazole rings is 1. The summed E-state index contributed by atoms with van der Waals surface area (Å²) in [4.78, 5) is 29.9. The van der Waals surface area contributed by atoms with Gasteiger partial charge in [-0.15, -0.1) is 11.3 Å². The largest absolute Gasteiger partial charge is 0.369 e. The summed E-state index contributed by atoms with van der Waals surface area (Å²) < 4.78 is 13.9. The number of nitrogens with zero attached hydrogens (tertiary/aromatic N) is 2. The summed E-state index contributed by atoms with van der Waals surface area (Å²) in [5.41, 5.74) is 6.70. The van der Waals surface area contributed by atoms with Crippen molar-refractivity contribution in [3.05, 3.63) is 46.2 Å². The van der Waals surface area contributed by atoms with Crippen molar-refractivity contribution in [3.63, 3.8) is 0 Å². The summed E-state index contributed by atoms with van der Waals surface area (Å²) in [7, 11) is 1.68. The highest BCUT2D eigenvalue weighted by molar-refractivity contribution is 8.01. The van der Waals surface area contributed by atoms with Gasteiger partial charge in [-0.3, -0.25) is 9.59 Å². The highest BCUT2D eigenvalue weighted by atomic mass is 32.2. The maximum absolute atomic E-state index is 13.2. The van der Waals surface area contributed by atoms with Crippen LogP contribution < -0.4 is 5.73 Å². The number of thioether (sulfide) groups is 1. The first kappa shape index (κ1) is 18.4. The van der Waals surface area contributed by atoms with Crippen LogP contribution in [0.4, 0.5) is 4.39 Å². The van der Waals surface area contributed by atoms with Crippen LogP contribution in [0.15, 0.2) is 28.6 Å². The van der Waals surface area contributed by atoms with Gasteiger partial charge in [0.15, 0.2) is 4.34 Å². The predicted molar refractivity (Wildman–Crippen MR) is 93.3 cm³/mol. The number of aryl methyl sites for hydroxylation is 1. The molecule has 1 heterocycles. The van der Waals surface area contributed by atoms with E-state index in [-0.39, 0.29) is 23.9 Å². The third kappa shape index (κ3) is 5.31. The van der Waals surface area contributed by atoms with Crippen molar-refractivity contribution in [1.82, 2.24) is 9.88 Å². The zero-order chi connectivity index (χ0) is 17.7. The number of aromatic nitrogens is 1. The van der Waals surface area contributed by atoms with Crippen molar-refractivity contribution in [2.45, 2.75) is 24.2 Å². The number of amides is 2. The molecule has 0 radical (unpaired) electrons. The molecule has 1 aromatic heterocycles. The Kier molecular flexibility index (Phi) is 6.33. The molecule has 5 nitrogen and oxygen atoms in total. The first-order valence-electron chi connectivity index (χ1n) is 7.21. The molecule has 24 heavy (non-hydrogen) atoms. The molecular formula is C16H18FN3O2S2. The first-order valence-corrected chi connectivity index (χ1v) is 9.01. The SMILES string of the molecule is Cc1nc(SCC(=O)N(C)Cc2cccc(F)c2)sc1CC(N)=O. The molecule has 0 aliphatic rings. The fourth-order valence-corrected chi connectivity index (χ4v) is 4.20. The molecule has 0 aliphatic carbocycles. The van der Waals surface area contributed by atoms with Crippen LogP contribution >= 0.6 is 23.1 Å². The second-order valence-electron chi connectivity index (χ2n) is 5.30. The van der Waals surface area contributed by atoms with Gasteiger partial charge in [0.2, 0.25) is 11.8 Å². The first-order chi connectivity index (χ1) is 11.3. The van der Waals surface area contributed by atoms with Crippen molar-refractivity contribution in [1.29, 1.82) is 0 Å². The topological polar surface area (TPSA) is 76.3 Å². The molecule has 8 heteroatoms. The van der Waals surface area contributed by atoms with E-state index in [1.807, 2.05) is 6.92 Å². The lowest BCUT2D eigenvalue weighted by atomic mass is 10.2. The average Bonchev–Trinajstić information content (AvgIpc) is 2.84. The molecular weight excluding hydrogens is 349 g/mol. The molecule has 2 aromatic rings. The molecule has 128 valence electrons. The molecule has 0 atom stereocenters. The summed E-state index contributed by atoms with van der Waals surface area (Å²) in [5.74, 6) is -0.560. The zero-order valence-electron chi connectivity index (χ0n) is 13.4. The average molecular weight is 367 g/mol. The van der Waals surface area contributed by atoms with E-state index in [0.29, 0.717) is 6.54 Å². The van der Waals surface area contributed by atoms with Crippen LogP contribution in [0.2, 0.25) is 0 Å². The molecule has 1 aromatic carbocycles. The van der Waals surface area contributed by atoms with Crippen LogP contribution in [0.25, 0.3) is 0 Å². The Balaban J connectivity index is 1.89. The van der Waals surface area contributed by atoms with Crippen molar-refractivity contribution < 1.29 is 14.0 Å². The number of hydrogen-bond acceptors (Lipinski definition) is 5. The number of nitrogens with two attached hydrogens (primary N) is 1. The quantitative estimate of drug-likeness (QED) is 0.762. The molecule has 0 unspecified atom stereocenters. The summed E-state index contributed by atoms with van der Waals surface area (Å²) in [6.07, 6.45) is 0.164. The highest BCUT2D eigenvalue weighted by Gasteiger charge is 2.14. The Morgan fingerprint density at radius 2 is 2.17 bits per heavy atom. The minimum atomic E-state index is -0.399. The highest BCUT2D eigenvalue weighted by Crippen LogP contribution is 2.27. The van der Waals surface area contributed by atoms with E-state index in [4.69, 9.17) is 5.73 Å². The van der Waals surface area contributed by atoms with Crippen LogP contribution in [-0.4, -0.2) is 34.5 Å². The molecule has 0 bridgehead atoms. The Morgan fingerprint density at radius 1 is 1.42 bits per heavy atom. The maximum Gasteiger partial charge on any atom is 0.233 e. The van der Waals surface area contributed by atoms with Gasteiger partial charge in [-0.05, 0) is 24.6 Å². The summed E-state index contributed by atoms with van der Waals surface area (Å²) in [5, 5.41) is 0. The number of hydrogen-bond donors (Lipinski definition) is 1. The van der Waals surface area contributed by atoms with Gasteiger partial charge in [0.05, 0.1) is 17.9 Å². The number of halogens is 1. The second kappa shape index (κ2) is 8.25. The Hall–Kier alpha value is -1.93. The normalized spacial score (nSPS) is 10.6. The molecule has 0 saturated carbocycles. The standard InChI is InChI=1S/C16H18FN3O2S2/c1-10-13(7-14(18)21)24-16(19-10)23-9-15(22)20(2)8-11-4-3-5-12(17)6-11/h3-6H,7-9H2,1-2H3,(H2,18,21). The van der Waals surface area contributed by atoms with Gasteiger partial charge >= 0.3 is 0 Å². The van der Waals surface area contributed by atoms with Crippen LogP contribution in [0.5, 0.6) is 0 Å². The third-order valence-electron chi connectivity index (χ3n) is 3.26. The van der Waals surface area contributed by atoms with Gasteiger partial charge in [0.1, 0.15) is 5.82 Å². The number of carbonyl (C=O) groups is 2. The van der Waals surface area contributed by atoms with Gasteiger partial charge < -0.3 is 10.6 Å². The fourth-order valence-electron chi connectivity index (χ4n) is 2.02. The summed E-state index contributed by atoms with van der Waals surface area (Å²) in [6.45, 7) is 2.16. The molecule has 0 fully saturated rings. The summed E-state index contributed by atoms with van der Waals surface area (Å²) >= 11 is 2.70. The van der Waals surface area contributed by atoms with Crippen molar-refractivity contribution in [3.8, 4) is 0 Å². The molecule has 0 aliphatic heterocycles. The van der Waals surface area contributed by atoms with Gasteiger partial charge in [-0.1, -0.05) is 23.9 Å². The molecule has 2 N–H and O–H groups in total. The lowest BCUT2D eigenvalue weighted by Gasteiger charge is -2.16. The van der Waals surface area contributed by atoms with E-state index in [1.165, 1.54) is 35.2 Å². The molecule has 0 spiro atoms. The van der Waals surface area contributed by atoms with Crippen molar-refractivity contribution in [2.24, 2.45) is 5.73 Å². The number of benzene rings is 1. The van der Waals surface area contributed by atoms with Crippen LogP contribution in [0, 0.1) is 12.7 Å². The second-order valence-corrected chi connectivity index (χ2v) is 7.61. The van der Waals surface area contributed by atoms with Crippen molar-refractivity contribution in [2.75, 3.05) is 12.8 Å². The number of primary amides is 1. The third-order valence-corrected chi connectivity index (χ3v) is 5.55. The van der Waals surface area contributed by atoms with E-state index in [1.54, 1.807) is 24.1 Å². The Morgan fingerprint density at radius 3 is 2.83 bits per heavy atom. The van der Waals surface area contributed by atoms with Crippen LogP contribution in [0.1, 0.15) is 16.1 Å². The number of carbonyl (C=O) groups excluding carboxylic acids is 2. The molecule has 0 saturated heterocycles. The van der Waals surface area contributed by atoms with E-state index >= 15 is 0 Å². The van der Waals surface area contributed by atoms with E-state index in [9.17, 15) is 14.0 Å². The molecule has 2 amide bonds. The molecule has 2 rings (SSSR count). The fraction of sp³-hybridized carbons (Fsp3) is 0.312.